The molecule has 12 rings (SSSR count). The van der Waals surface area contributed by atoms with Gasteiger partial charge in [-0.3, -0.25) is 0 Å². The molecular weight excluding hydrogens is 1870 g/mol. The van der Waals surface area contributed by atoms with Crippen molar-refractivity contribution in [3.8, 4) is 0 Å². The summed E-state index contributed by atoms with van der Waals surface area (Å²) in [7, 11) is 29.6. The maximum absolute atomic E-state index is 4.26. The molecule has 0 saturated heterocycles. The summed E-state index contributed by atoms with van der Waals surface area (Å²) >= 11 is 0. The molecule has 60 nitrogen and oxygen atoms in total. The lowest BCUT2D eigenvalue weighted by Crippen LogP contribution is -2.19. The number of hydrogen-bond donors (Lipinski definition) is 32. The Hall–Kier alpha value is -15.1. The van der Waals surface area contributed by atoms with Gasteiger partial charge in [0.25, 0.3) is 0 Å². The van der Waals surface area contributed by atoms with Crippen LogP contribution in [0, 0.1) is 0 Å². The van der Waals surface area contributed by atoms with Crippen molar-refractivity contribution in [1.82, 2.24) is 182 Å². The Bertz CT molecular complexity index is 4530. The molecule has 0 aromatic carbocycles. The highest BCUT2D eigenvalue weighted by atomic mass is 15.4. The highest BCUT2D eigenvalue weighted by molar-refractivity contribution is 5.42. The summed E-state index contributed by atoms with van der Waals surface area (Å²) in [5.41, 5.74) is 0. The summed E-state index contributed by atoms with van der Waals surface area (Å²) in [6.45, 7) is 36.4. The van der Waals surface area contributed by atoms with E-state index in [9.17, 15) is 0 Å². The van der Waals surface area contributed by atoms with E-state index >= 15 is 0 Å². The lowest BCUT2D eigenvalue weighted by atomic mass is 10.2. The van der Waals surface area contributed by atoms with Crippen molar-refractivity contribution < 1.29 is 0 Å². The van der Waals surface area contributed by atoms with E-state index in [1.165, 1.54) is 83.5 Å². The molecule has 0 bridgehead atoms. The molecule has 0 radical (unpaired) electrons. The van der Waals surface area contributed by atoms with E-state index in [0.29, 0.717) is 89.2 Å². The van der Waals surface area contributed by atoms with Gasteiger partial charge in [-0.05, 0) is 78.6 Å². The smallest absolute Gasteiger partial charge is 0.246 e. The number of unbranched alkanes of at least 4 members (excludes halogenated alkanes) is 9. The Kier molecular flexibility index (Phi) is 84.5. The molecule has 0 amide bonds. The second-order valence-electron chi connectivity index (χ2n) is 30.4. The molecule has 32 N–H and O–H groups in total. The average molecular weight is 2070 g/mol. The normalized spacial score (nSPS) is 9.56. The van der Waals surface area contributed by atoms with Gasteiger partial charge >= 0.3 is 0 Å². The molecule has 0 aliphatic heterocycles. The zero-order valence-corrected chi connectivity index (χ0v) is 89.7. The minimum absolute atomic E-state index is 0. The molecule has 12 aromatic heterocycles. The number of rotatable bonds is 54. The molecule has 0 aliphatic rings. The number of hydrogen-bond acceptors (Lipinski definition) is 48. The zero-order valence-electron chi connectivity index (χ0n) is 89.7. The van der Waals surface area contributed by atoms with Crippen molar-refractivity contribution in [3.05, 3.63) is 0 Å². The Morgan fingerprint density at radius 3 is 0.555 bits per heavy atom. The van der Waals surface area contributed by atoms with E-state index < -0.39 is 0 Å². The monoisotopic (exact) mass is 2070 g/mol. The van der Waals surface area contributed by atoms with Crippen LogP contribution < -0.4 is 126 Å². The number of nitrogens with one attached hydrogen (secondary N) is 32. The fourth-order valence-corrected chi connectivity index (χ4v) is 10.1. The van der Waals surface area contributed by atoms with Crippen molar-refractivity contribution in [2.75, 3.05) is 317 Å². The molecule has 0 aliphatic carbocycles. The molecule has 0 unspecified atom stereocenters. The number of aromatic nitrogens is 36. The second kappa shape index (κ2) is 89.9. The topological polar surface area (TPSA) is 752 Å². The van der Waals surface area contributed by atoms with Crippen LogP contribution in [-0.2, 0) is 0 Å². The fourth-order valence-electron chi connectivity index (χ4n) is 10.1. The first-order chi connectivity index (χ1) is 68.9. The van der Waals surface area contributed by atoms with Gasteiger partial charge in [-0.1, -0.05) is 150 Å². The van der Waals surface area contributed by atoms with Crippen molar-refractivity contribution in [3.63, 3.8) is 0 Å². The van der Waals surface area contributed by atoms with E-state index in [0.717, 1.165) is 164 Å². The van der Waals surface area contributed by atoms with E-state index in [-0.39, 0.29) is 29.7 Å². The van der Waals surface area contributed by atoms with Gasteiger partial charge in [0.1, 0.15) is 0 Å². The highest BCUT2D eigenvalue weighted by Gasteiger charge is 2.11. The molecule has 0 fully saturated rings. The van der Waals surface area contributed by atoms with Gasteiger partial charge in [0.2, 0.25) is 143 Å². The largest absolute Gasteiger partial charge is 0.358 e. The molecule has 836 valence electrons. The number of nitrogens with zero attached hydrogens (tertiary/aromatic N) is 28. The Balaban J connectivity index is -0.000000753. The quantitative estimate of drug-likeness (QED) is 0.0157. The van der Waals surface area contributed by atoms with Crippen LogP contribution in [0.25, 0.3) is 0 Å². The van der Waals surface area contributed by atoms with Crippen LogP contribution in [0.2, 0.25) is 0 Å². The summed E-state index contributed by atoms with van der Waals surface area (Å²) in [6, 6.07) is 0. The van der Waals surface area contributed by atoms with Crippen molar-refractivity contribution in [1.29, 1.82) is 0 Å². The molecule has 0 atom stereocenters. The lowest BCUT2D eigenvalue weighted by Gasteiger charge is -2.13. The summed E-state index contributed by atoms with van der Waals surface area (Å²) < 4.78 is 0. The van der Waals surface area contributed by atoms with Crippen LogP contribution in [0.5, 0.6) is 0 Å². The molecule has 0 spiro atoms. The standard InChI is InChI=1S/2C9H19N5.3C8H17N5.C7H15N5.3C6H13N5.3C5H11N5.4CH4/c1-4-5-6-7-10-8-11-9(13-12-8)14(2)3;1-4-5-6-7-14(3)9-11-8(10-2)12-13-9;1-4-5-6-9-7-10-8(12-11-7)13(2)3;1-4-5-6-13(3)8-10-7(9-2)11-12-8;1-3-4-5-6-10-8-11-7(9-2)12-13-8;1-3-4-5-9-7-10-6(8-2)11-12-7;3*1-3-4-8-6-9-5(7-2)10-11-6;3*1-3-7-5-8-4(6-2)9-10-5;;;;/h2*4-7H2,1-3H3,(H2,10,11,12,13);2*4-6H2,1-3H3,(H2,9,10,11,12);3-6H2,1-2H3,(H3,9,10,11,12,13);3-5H2,1-2H3,(H3,8,9,10,11,12);3*3-4H2,1-2H3,(H3,7,8,9,10,11);3*3H2,1-2H3,(H3,6,7,8,9,10);4*1H4. The van der Waals surface area contributed by atoms with Crippen molar-refractivity contribution in [2.45, 2.75) is 228 Å². The number of H-pyrrole nitrogens is 12. The summed E-state index contributed by atoms with van der Waals surface area (Å²) in [5.74, 6) is 16.5. The lowest BCUT2D eigenvalue weighted by molar-refractivity contribution is 0.697. The Morgan fingerprint density at radius 2 is 0.363 bits per heavy atom. The van der Waals surface area contributed by atoms with Gasteiger partial charge in [0.05, 0.1) is 0 Å². The first-order valence-corrected chi connectivity index (χ1v) is 49.0. The van der Waals surface area contributed by atoms with Gasteiger partial charge in [0, 0.05) is 191 Å². The van der Waals surface area contributed by atoms with Gasteiger partial charge in [0.15, 0.2) is 0 Å². The first-order valence-electron chi connectivity index (χ1n) is 49.0. The second-order valence-corrected chi connectivity index (χ2v) is 30.4. The predicted octanol–water partition coefficient (Wildman–Crippen LogP) is 13.0. The summed E-state index contributed by atoms with van der Waals surface area (Å²) in [4.78, 5) is 57.4. The van der Waals surface area contributed by atoms with E-state index in [1.807, 2.05) is 91.9 Å². The van der Waals surface area contributed by atoms with Crippen LogP contribution in [-0.4, -0.2) is 373 Å². The van der Waals surface area contributed by atoms with Gasteiger partial charge in [-0.15, -0.1) is 61.2 Å². The third-order valence-corrected chi connectivity index (χ3v) is 17.9. The zero-order chi connectivity index (χ0) is 105. The van der Waals surface area contributed by atoms with Gasteiger partial charge in [-0.25, -0.2) is 61.2 Å². The van der Waals surface area contributed by atoms with Crippen molar-refractivity contribution >= 4 is 143 Å². The molecule has 0 saturated carbocycles. The number of anilines is 24. The van der Waals surface area contributed by atoms with Crippen molar-refractivity contribution in [2.24, 2.45) is 0 Å². The van der Waals surface area contributed by atoms with Crippen LogP contribution >= 0.6 is 0 Å². The van der Waals surface area contributed by atoms with E-state index in [4.69, 9.17) is 0 Å². The molecule has 60 heteroatoms. The van der Waals surface area contributed by atoms with Crippen LogP contribution in [0.1, 0.15) is 228 Å². The minimum atomic E-state index is 0. The predicted molar refractivity (Wildman–Crippen MR) is 610 cm³/mol. The molecule has 12 aromatic rings. The van der Waals surface area contributed by atoms with Crippen LogP contribution in [0.4, 0.5) is 143 Å². The Morgan fingerprint density at radius 1 is 0.178 bits per heavy atom. The minimum Gasteiger partial charge on any atom is -0.358 e. The fraction of sp³-hybridized carbons (Fsp3) is 0.721. The third kappa shape index (κ3) is 64.4. The van der Waals surface area contributed by atoms with Crippen LogP contribution in [0.15, 0.2) is 0 Å². The molecule has 12 heterocycles. The molecule has 146 heavy (non-hydrogen) atoms. The van der Waals surface area contributed by atoms with E-state index in [2.05, 4.69) is 356 Å². The number of aromatic amines is 12. The summed E-state index contributed by atoms with van der Waals surface area (Å²) in [6.07, 6.45) is 21.3. The maximum atomic E-state index is 4.26. The van der Waals surface area contributed by atoms with Gasteiger partial charge < -0.3 is 126 Å². The maximum Gasteiger partial charge on any atom is 0.246 e. The Labute approximate surface area is 866 Å². The van der Waals surface area contributed by atoms with E-state index in [1.54, 1.807) is 56.4 Å². The summed E-state index contributed by atoms with van der Waals surface area (Å²) in [5, 5.41) is 140. The van der Waals surface area contributed by atoms with Gasteiger partial charge in [-0.2, -0.15) is 59.8 Å². The molecular formula is C86H192N60. The SMILES string of the molecule is C.C.C.C.CCCCCN(C)c1n[nH]c(NC)n1.CCCCCNc1nc(N(C)C)n[nH]1.CCCCCNc1nc(NC)n[nH]1.CCCCN(C)c1n[nH]c(NC)n1.CCCCNc1nc(N(C)C)n[nH]1.CCCCNc1nc(NC)n[nH]1.CCCNc1nc(NC)n[nH]1.CCCNc1nc(NC)n[nH]1.CCCNc1nc(NC)n[nH]1.CCNc1nc(NC)n[nH]1.CCNc1nc(NC)n[nH]1.CCNc1nc(NC)n[nH]1. The third-order valence-electron chi connectivity index (χ3n) is 17.9. The first kappa shape index (κ1) is 137. The highest BCUT2D eigenvalue weighted by Crippen LogP contribution is 2.14. The van der Waals surface area contributed by atoms with Crippen LogP contribution in [0.3, 0.4) is 0 Å². The average Bonchev–Trinajstić information content (AvgIpc) is 1.75.